The van der Waals surface area contributed by atoms with Crippen molar-refractivity contribution in [2.24, 2.45) is 0 Å². The molecule has 0 radical (unpaired) electrons. The number of hydrogen-bond acceptors (Lipinski definition) is 1. The summed E-state index contributed by atoms with van der Waals surface area (Å²) in [5.74, 6) is -0.108. The van der Waals surface area contributed by atoms with Gasteiger partial charge in [-0.15, -0.1) is 0 Å². The first-order valence-corrected chi connectivity index (χ1v) is 8.35. The predicted octanol–water partition coefficient (Wildman–Crippen LogP) is 5.48. The van der Waals surface area contributed by atoms with E-state index >= 15 is 0 Å². The molecule has 3 rings (SSSR count). The van der Waals surface area contributed by atoms with Crippen molar-refractivity contribution in [1.82, 2.24) is 0 Å². The first-order valence-electron chi connectivity index (χ1n) is 8.35. The first kappa shape index (κ1) is 16.7. The van der Waals surface area contributed by atoms with E-state index < -0.39 is 0 Å². The zero-order chi connectivity index (χ0) is 17.6. The number of carbonyl (C=O) groups is 1. The van der Waals surface area contributed by atoms with Gasteiger partial charge in [-0.1, -0.05) is 72.8 Å². The minimum absolute atomic E-state index is 0.108. The standard InChI is InChI=1S/C23H21NO/c1-17-10-9-15-22(18(17)2)24-23(25)21(20-13-7-4-8-14-20)16-19-11-5-3-6-12-19/h3-16H,1-2H3,(H,24,25)/b21-16-. The Morgan fingerprint density at radius 2 is 1.44 bits per heavy atom. The van der Waals surface area contributed by atoms with Crippen LogP contribution in [-0.2, 0) is 4.79 Å². The number of carbonyl (C=O) groups excluding carboxylic acids is 1. The number of benzene rings is 3. The van der Waals surface area contributed by atoms with Gasteiger partial charge in [-0.3, -0.25) is 4.79 Å². The summed E-state index contributed by atoms with van der Waals surface area (Å²) in [4.78, 5) is 13.0. The zero-order valence-electron chi connectivity index (χ0n) is 14.5. The molecule has 25 heavy (non-hydrogen) atoms. The highest BCUT2D eigenvalue weighted by molar-refractivity contribution is 6.29. The molecule has 1 N–H and O–H groups in total. The maximum Gasteiger partial charge on any atom is 0.256 e. The smallest absolute Gasteiger partial charge is 0.256 e. The maximum atomic E-state index is 13.0. The van der Waals surface area contributed by atoms with Crippen molar-refractivity contribution in [3.8, 4) is 0 Å². The molecule has 2 nitrogen and oxygen atoms in total. The number of rotatable bonds is 4. The van der Waals surface area contributed by atoms with Crippen LogP contribution in [0.2, 0.25) is 0 Å². The van der Waals surface area contributed by atoms with Crippen LogP contribution in [-0.4, -0.2) is 5.91 Å². The molecule has 0 fully saturated rings. The normalized spacial score (nSPS) is 11.2. The topological polar surface area (TPSA) is 29.1 Å². The van der Waals surface area contributed by atoms with Gasteiger partial charge >= 0.3 is 0 Å². The van der Waals surface area contributed by atoms with E-state index in [4.69, 9.17) is 0 Å². The van der Waals surface area contributed by atoms with E-state index in [1.54, 1.807) is 0 Å². The summed E-state index contributed by atoms with van der Waals surface area (Å²) in [6.45, 7) is 4.07. The fraction of sp³-hybridized carbons (Fsp3) is 0.0870. The zero-order valence-corrected chi connectivity index (χ0v) is 14.5. The Hall–Kier alpha value is -3.13. The molecule has 0 aliphatic heterocycles. The Morgan fingerprint density at radius 3 is 2.12 bits per heavy atom. The molecular formula is C23H21NO. The van der Waals surface area contributed by atoms with E-state index in [1.165, 1.54) is 0 Å². The molecule has 3 aromatic rings. The molecule has 0 unspecified atom stereocenters. The molecule has 0 saturated carbocycles. The molecule has 0 aliphatic rings. The van der Waals surface area contributed by atoms with Crippen molar-refractivity contribution in [1.29, 1.82) is 0 Å². The summed E-state index contributed by atoms with van der Waals surface area (Å²) in [5, 5.41) is 3.06. The van der Waals surface area contributed by atoms with E-state index in [2.05, 4.69) is 5.32 Å². The maximum absolute atomic E-state index is 13.0. The third kappa shape index (κ3) is 4.04. The molecule has 0 aromatic heterocycles. The highest BCUT2D eigenvalue weighted by Crippen LogP contribution is 2.23. The summed E-state index contributed by atoms with van der Waals surface area (Å²) in [5.41, 5.74) is 5.63. The molecule has 0 atom stereocenters. The molecule has 0 spiro atoms. The lowest BCUT2D eigenvalue weighted by molar-refractivity contribution is -0.111. The average Bonchev–Trinajstić information content (AvgIpc) is 2.65. The molecule has 0 saturated heterocycles. The van der Waals surface area contributed by atoms with Crippen LogP contribution in [0.1, 0.15) is 22.3 Å². The molecular weight excluding hydrogens is 306 g/mol. The van der Waals surface area contributed by atoms with E-state index in [9.17, 15) is 4.79 Å². The lowest BCUT2D eigenvalue weighted by atomic mass is 10.0. The average molecular weight is 327 g/mol. The lowest BCUT2D eigenvalue weighted by Gasteiger charge is -2.13. The van der Waals surface area contributed by atoms with Gasteiger partial charge in [-0.25, -0.2) is 0 Å². The van der Waals surface area contributed by atoms with E-state index in [1.807, 2.05) is 98.8 Å². The van der Waals surface area contributed by atoms with Crippen molar-refractivity contribution in [3.63, 3.8) is 0 Å². The summed E-state index contributed by atoms with van der Waals surface area (Å²) >= 11 is 0. The summed E-state index contributed by atoms with van der Waals surface area (Å²) in [6, 6.07) is 25.6. The van der Waals surface area contributed by atoms with Crippen LogP contribution in [0.3, 0.4) is 0 Å². The van der Waals surface area contributed by atoms with Gasteiger partial charge in [0.05, 0.1) is 0 Å². The second-order valence-corrected chi connectivity index (χ2v) is 6.04. The van der Waals surface area contributed by atoms with Crippen LogP contribution in [0, 0.1) is 13.8 Å². The van der Waals surface area contributed by atoms with Crippen molar-refractivity contribution in [2.45, 2.75) is 13.8 Å². The van der Waals surface area contributed by atoms with Crippen LogP contribution in [0.5, 0.6) is 0 Å². The monoisotopic (exact) mass is 327 g/mol. The molecule has 124 valence electrons. The second-order valence-electron chi connectivity index (χ2n) is 6.04. The summed E-state index contributed by atoms with van der Waals surface area (Å²) in [6.07, 6.45) is 1.93. The van der Waals surface area contributed by atoms with Gasteiger partial charge < -0.3 is 5.32 Å². The number of nitrogens with one attached hydrogen (secondary N) is 1. The highest BCUT2D eigenvalue weighted by Gasteiger charge is 2.13. The quantitative estimate of drug-likeness (QED) is 0.499. The van der Waals surface area contributed by atoms with Gasteiger partial charge in [0.2, 0.25) is 0 Å². The van der Waals surface area contributed by atoms with Gasteiger partial charge in [-0.2, -0.15) is 0 Å². The number of anilines is 1. The largest absolute Gasteiger partial charge is 0.322 e. The molecule has 3 aromatic carbocycles. The third-order valence-electron chi connectivity index (χ3n) is 4.29. The van der Waals surface area contributed by atoms with Gasteiger partial charge in [0.25, 0.3) is 5.91 Å². The molecule has 2 heteroatoms. The van der Waals surface area contributed by atoms with Gasteiger partial charge in [-0.05, 0) is 48.2 Å². The third-order valence-corrected chi connectivity index (χ3v) is 4.29. The predicted molar refractivity (Wildman–Crippen MR) is 105 cm³/mol. The van der Waals surface area contributed by atoms with Gasteiger partial charge in [0, 0.05) is 11.3 Å². The van der Waals surface area contributed by atoms with Crippen LogP contribution >= 0.6 is 0 Å². The molecule has 0 heterocycles. The SMILES string of the molecule is Cc1cccc(NC(=O)/C(=C\c2ccccc2)c2ccccc2)c1C. The Bertz CT molecular complexity index is 896. The number of hydrogen-bond donors (Lipinski definition) is 1. The van der Waals surface area contributed by atoms with Gasteiger partial charge in [0.15, 0.2) is 0 Å². The molecule has 0 aliphatic carbocycles. The van der Waals surface area contributed by atoms with E-state index in [0.717, 1.165) is 27.9 Å². The highest BCUT2D eigenvalue weighted by atomic mass is 16.1. The number of aryl methyl sites for hydroxylation is 1. The Morgan fingerprint density at radius 1 is 0.800 bits per heavy atom. The van der Waals surface area contributed by atoms with E-state index in [0.29, 0.717) is 5.57 Å². The van der Waals surface area contributed by atoms with Crippen LogP contribution < -0.4 is 5.32 Å². The fourth-order valence-electron chi connectivity index (χ4n) is 2.69. The van der Waals surface area contributed by atoms with Crippen LogP contribution in [0.15, 0.2) is 78.9 Å². The number of amides is 1. The van der Waals surface area contributed by atoms with E-state index in [-0.39, 0.29) is 5.91 Å². The molecule has 0 bridgehead atoms. The van der Waals surface area contributed by atoms with Crippen molar-refractivity contribution in [3.05, 3.63) is 101 Å². The van der Waals surface area contributed by atoms with Crippen LogP contribution in [0.25, 0.3) is 11.6 Å². The Labute approximate surface area is 148 Å². The van der Waals surface area contributed by atoms with Crippen molar-refractivity contribution < 1.29 is 4.79 Å². The van der Waals surface area contributed by atoms with Crippen LogP contribution in [0.4, 0.5) is 5.69 Å². The minimum atomic E-state index is -0.108. The minimum Gasteiger partial charge on any atom is -0.322 e. The first-order chi connectivity index (χ1) is 12.1. The van der Waals surface area contributed by atoms with Gasteiger partial charge in [0.1, 0.15) is 0 Å². The summed E-state index contributed by atoms with van der Waals surface area (Å²) < 4.78 is 0. The Kier molecular flexibility index (Phi) is 5.10. The Balaban J connectivity index is 1.98. The summed E-state index contributed by atoms with van der Waals surface area (Å²) in [7, 11) is 0. The van der Waals surface area contributed by atoms with Crippen molar-refractivity contribution >= 4 is 23.2 Å². The molecule has 1 amide bonds. The lowest BCUT2D eigenvalue weighted by Crippen LogP contribution is -2.14. The van der Waals surface area contributed by atoms with Crippen molar-refractivity contribution in [2.75, 3.05) is 5.32 Å². The second kappa shape index (κ2) is 7.63. The fourth-order valence-corrected chi connectivity index (χ4v) is 2.69.